The first kappa shape index (κ1) is 31.9. The van der Waals surface area contributed by atoms with Gasteiger partial charge >= 0.3 is 0 Å². The summed E-state index contributed by atoms with van der Waals surface area (Å²) in [7, 11) is -4.12. The lowest BCUT2D eigenvalue weighted by atomic mass is 9.95. The predicted octanol–water partition coefficient (Wildman–Crippen LogP) is 6.75. The van der Waals surface area contributed by atoms with Crippen LogP contribution in [0.5, 0.6) is 0 Å². The Morgan fingerprint density at radius 1 is 0.952 bits per heavy atom. The molecule has 0 unspecified atom stereocenters. The van der Waals surface area contributed by atoms with Crippen LogP contribution in [-0.2, 0) is 26.2 Å². The minimum atomic E-state index is -4.12. The molecule has 4 rings (SSSR count). The lowest BCUT2D eigenvalue weighted by Gasteiger charge is -2.34. The second-order valence-corrected chi connectivity index (χ2v) is 13.4. The normalized spacial score (nSPS) is 14.7. The summed E-state index contributed by atoms with van der Waals surface area (Å²) in [6, 6.07) is 19.2. The van der Waals surface area contributed by atoms with Crippen LogP contribution in [0.25, 0.3) is 0 Å². The standard InChI is InChI=1S/C32H37Cl2N3O4S/c1-3-30(32(39)35-26-10-6-4-7-11-26)36(21-24-16-17-25(33)20-29(24)34)31(38)22-37(27-12-8-5-9-13-27)42(40,41)28-18-14-23(2)15-19-28/h5,8-9,12-20,26,30H,3-4,6-7,10-11,21-22H2,1-2H3,(H,35,39)/t30-/m0/s1. The van der Waals surface area contributed by atoms with Crippen LogP contribution >= 0.6 is 23.2 Å². The van der Waals surface area contributed by atoms with Crippen LogP contribution in [0.15, 0.2) is 77.7 Å². The van der Waals surface area contributed by atoms with Crippen molar-refractivity contribution in [2.45, 2.75) is 75.9 Å². The number of carbonyl (C=O) groups excluding carboxylic acids is 2. The van der Waals surface area contributed by atoms with E-state index in [1.807, 2.05) is 13.8 Å². The molecule has 0 aliphatic heterocycles. The Bertz CT molecular complexity index is 1480. The highest BCUT2D eigenvalue weighted by molar-refractivity contribution is 7.92. The minimum absolute atomic E-state index is 0.0125. The van der Waals surface area contributed by atoms with E-state index in [4.69, 9.17) is 23.2 Å². The number of amides is 2. The van der Waals surface area contributed by atoms with Gasteiger partial charge in [-0.1, -0.05) is 91.3 Å². The summed E-state index contributed by atoms with van der Waals surface area (Å²) >= 11 is 12.6. The van der Waals surface area contributed by atoms with E-state index < -0.39 is 28.5 Å². The lowest BCUT2D eigenvalue weighted by Crippen LogP contribution is -2.54. The van der Waals surface area contributed by atoms with Gasteiger partial charge in [0.25, 0.3) is 10.0 Å². The molecule has 224 valence electrons. The molecule has 1 atom stereocenters. The Morgan fingerprint density at radius 3 is 2.24 bits per heavy atom. The number of rotatable bonds is 11. The van der Waals surface area contributed by atoms with Crippen LogP contribution < -0.4 is 9.62 Å². The maximum absolute atomic E-state index is 14.2. The van der Waals surface area contributed by atoms with Gasteiger partial charge < -0.3 is 10.2 Å². The summed E-state index contributed by atoms with van der Waals surface area (Å²) in [5, 5.41) is 3.95. The Hall–Kier alpha value is -3.07. The number of hydrogen-bond acceptors (Lipinski definition) is 4. The molecule has 42 heavy (non-hydrogen) atoms. The second-order valence-electron chi connectivity index (χ2n) is 10.7. The lowest BCUT2D eigenvalue weighted by molar-refractivity contribution is -0.140. The molecule has 1 N–H and O–H groups in total. The number of benzene rings is 3. The first-order valence-electron chi connectivity index (χ1n) is 14.3. The van der Waals surface area contributed by atoms with Gasteiger partial charge in [0.1, 0.15) is 12.6 Å². The van der Waals surface area contributed by atoms with Gasteiger partial charge in [0, 0.05) is 22.6 Å². The molecule has 1 saturated carbocycles. The fraction of sp³-hybridized carbons (Fsp3) is 0.375. The molecule has 10 heteroatoms. The molecule has 1 fully saturated rings. The number of nitrogens with one attached hydrogen (secondary N) is 1. The number of nitrogens with zero attached hydrogens (tertiary/aromatic N) is 2. The van der Waals surface area contributed by atoms with Crippen molar-refractivity contribution in [3.8, 4) is 0 Å². The predicted molar refractivity (Wildman–Crippen MR) is 168 cm³/mol. The molecule has 0 radical (unpaired) electrons. The van der Waals surface area contributed by atoms with Crippen molar-refractivity contribution in [2.24, 2.45) is 0 Å². The van der Waals surface area contributed by atoms with E-state index in [0.29, 0.717) is 27.7 Å². The third-order valence-corrected chi connectivity index (χ3v) is 10.0. The molecule has 0 heterocycles. The van der Waals surface area contributed by atoms with E-state index in [1.54, 1.807) is 60.7 Å². The molecule has 3 aromatic rings. The molecule has 3 aromatic carbocycles. The van der Waals surface area contributed by atoms with Gasteiger partial charge in [-0.3, -0.25) is 13.9 Å². The second kappa shape index (κ2) is 14.4. The van der Waals surface area contributed by atoms with Crippen molar-refractivity contribution >= 4 is 50.7 Å². The van der Waals surface area contributed by atoms with Crippen molar-refractivity contribution in [2.75, 3.05) is 10.8 Å². The minimum Gasteiger partial charge on any atom is -0.352 e. The number of anilines is 1. The smallest absolute Gasteiger partial charge is 0.264 e. The molecule has 2 amide bonds. The maximum atomic E-state index is 14.2. The number of hydrogen-bond donors (Lipinski definition) is 1. The molecular weight excluding hydrogens is 593 g/mol. The number of para-hydroxylation sites is 1. The van der Waals surface area contributed by atoms with Crippen molar-refractivity contribution in [1.29, 1.82) is 0 Å². The molecule has 1 aliphatic rings. The highest BCUT2D eigenvalue weighted by Crippen LogP contribution is 2.27. The van der Waals surface area contributed by atoms with Gasteiger partial charge in [-0.05, 0) is 68.1 Å². The molecular formula is C32H37Cl2N3O4S. The van der Waals surface area contributed by atoms with Crippen molar-refractivity contribution < 1.29 is 18.0 Å². The zero-order valence-electron chi connectivity index (χ0n) is 23.9. The quantitative estimate of drug-likeness (QED) is 0.254. The molecule has 0 spiro atoms. The Morgan fingerprint density at radius 2 is 1.62 bits per heavy atom. The van der Waals surface area contributed by atoms with Crippen LogP contribution in [0.2, 0.25) is 10.0 Å². The van der Waals surface area contributed by atoms with E-state index in [0.717, 1.165) is 42.0 Å². The summed E-state index contributed by atoms with van der Waals surface area (Å²) in [6.45, 7) is 3.22. The van der Waals surface area contributed by atoms with Crippen LogP contribution in [-0.4, -0.2) is 43.8 Å². The first-order valence-corrected chi connectivity index (χ1v) is 16.5. The largest absolute Gasteiger partial charge is 0.352 e. The Labute approximate surface area is 258 Å². The number of aryl methyl sites for hydroxylation is 1. The van der Waals surface area contributed by atoms with Crippen LogP contribution in [0.4, 0.5) is 5.69 Å². The topological polar surface area (TPSA) is 86.8 Å². The third kappa shape index (κ3) is 7.85. The fourth-order valence-electron chi connectivity index (χ4n) is 5.26. The number of sulfonamides is 1. The van der Waals surface area contributed by atoms with Gasteiger partial charge in [0.15, 0.2) is 0 Å². The van der Waals surface area contributed by atoms with Gasteiger partial charge in [0.05, 0.1) is 10.6 Å². The van der Waals surface area contributed by atoms with E-state index >= 15 is 0 Å². The van der Waals surface area contributed by atoms with E-state index in [2.05, 4.69) is 5.32 Å². The average Bonchev–Trinajstić information content (AvgIpc) is 2.98. The zero-order valence-corrected chi connectivity index (χ0v) is 26.3. The number of carbonyl (C=O) groups is 2. The molecule has 0 saturated heterocycles. The zero-order chi connectivity index (χ0) is 30.3. The SMILES string of the molecule is CC[C@@H](C(=O)NC1CCCCC1)N(Cc1ccc(Cl)cc1Cl)C(=O)CN(c1ccccc1)S(=O)(=O)c1ccc(C)cc1. The Kier molecular flexibility index (Phi) is 10.9. The average molecular weight is 631 g/mol. The van der Waals surface area contributed by atoms with Gasteiger partial charge in [-0.25, -0.2) is 8.42 Å². The van der Waals surface area contributed by atoms with Crippen molar-refractivity contribution in [1.82, 2.24) is 10.2 Å². The van der Waals surface area contributed by atoms with E-state index in [-0.39, 0.29) is 23.4 Å². The Balaban J connectivity index is 1.70. The molecule has 7 nitrogen and oxygen atoms in total. The van der Waals surface area contributed by atoms with Crippen molar-refractivity contribution in [3.63, 3.8) is 0 Å². The third-order valence-electron chi connectivity index (χ3n) is 7.63. The first-order chi connectivity index (χ1) is 20.1. The molecule has 0 bridgehead atoms. The molecule has 1 aliphatic carbocycles. The van der Waals surface area contributed by atoms with Gasteiger partial charge in [-0.2, -0.15) is 0 Å². The maximum Gasteiger partial charge on any atom is 0.264 e. The summed E-state index contributed by atoms with van der Waals surface area (Å²) in [5.74, 6) is -0.776. The monoisotopic (exact) mass is 629 g/mol. The van der Waals surface area contributed by atoms with E-state index in [1.165, 1.54) is 17.0 Å². The van der Waals surface area contributed by atoms with Crippen molar-refractivity contribution in [3.05, 3.63) is 94.0 Å². The van der Waals surface area contributed by atoms with Gasteiger partial charge in [0.2, 0.25) is 11.8 Å². The van der Waals surface area contributed by atoms with Crippen LogP contribution in [0.1, 0.15) is 56.6 Å². The summed E-state index contributed by atoms with van der Waals surface area (Å²) in [5.41, 5.74) is 1.86. The highest BCUT2D eigenvalue weighted by Gasteiger charge is 2.34. The van der Waals surface area contributed by atoms with Gasteiger partial charge in [-0.15, -0.1) is 0 Å². The summed E-state index contributed by atoms with van der Waals surface area (Å²) in [4.78, 5) is 29.3. The summed E-state index contributed by atoms with van der Waals surface area (Å²) in [6.07, 6.45) is 5.38. The van der Waals surface area contributed by atoms with E-state index in [9.17, 15) is 18.0 Å². The number of halogens is 2. The van der Waals surface area contributed by atoms with Crippen LogP contribution in [0.3, 0.4) is 0 Å². The molecule has 0 aromatic heterocycles. The van der Waals surface area contributed by atoms with Crippen LogP contribution in [0, 0.1) is 6.92 Å². The fourth-order valence-corrected chi connectivity index (χ4v) is 7.14. The highest BCUT2D eigenvalue weighted by atomic mass is 35.5. The summed E-state index contributed by atoms with van der Waals surface area (Å²) < 4.78 is 29.0.